The normalized spacial score (nSPS) is 15.7. The Bertz CT molecular complexity index is 900. The maximum atomic E-state index is 12.5. The number of amides is 1. The van der Waals surface area contributed by atoms with Gasteiger partial charge in [0.15, 0.2) is 0 Å². The molecular formula is C19H26N4O3S2. The van der Waals surface area contributed by atoms with Gasteiger partial charge in [0.05, 0.1) is 4.90 Å². The van der Waals surface area contributed by atoms with Crippen LogP contribution in [0, 0.1) is 0 Å². The van der Waals surface area contributed by atoms with Gasteiger partial charge in [0, 0.05) is 24.6 Å². The van der Waals surface area contributed by atoms with Crippen molar-refractivity contribution in [2.45, 2.75) is 56.8 Å². The fraction of sp³-hybridized carbons (Fsp3) is 0.526. The van der Waals surface area contributed by atoms with E-state index in [0.717, 1.165) is 17.8 Å². The van der Waals surface area contributed by atoms with Crippen molar-refractivity contribution < 1.29 is 13.2 Å². The number of anilines is 1. The summed E-state index contributed by atoms with van der Waals surface area (Å²) in [4.78, 5) is 12.7. The largest absolute Gasteiger partial charge is 0.296 e. The average Bonchev–Trinajstić information content (AvgIpc) is 3.18. The predicted molar refractivity (Wildman–Crippen MR) is 110 cm³/mol. The number of sulfonamides is 1. The molecule has 2 aromatic rings. The third-order valence-electron chi connectivity index (χ3n) is 5.08. The summed E-state index contributed by atoms with van der Waals surface area (Å²) in [5.74, 6) is 0.125. The van der Waals surface area contributed by atoms with E-state index < -0.39 is 10.0 Å². The van der Waals surface area contributed by atoms with Gasteiger partial charge in [-0.3, -0.25) is 10.1 Å². The summed E-state index contributed by atoms with van der Waals surface area (Å²) in [6.07, 6.45) is 5.97. The second-order valence-corrected chi connectivity index (χ2v) is 9.80. The standard InChI is InChI=1S/C19H26N4O3S2/c1-3-23(4-2)28(25,26)16-12-10-14(11-13-16)17(24)20-19-22-21-18(27-19)15-8-6-5-7-9-15/h10-13,15H,3-9H2,1-2H3,(H,20,22,24). The maximum absolute atomic E-state index is 12.5. The molecule has 1 aliphatic rings. The molecule has 1 heterocycles. The summed E-state index contributed by atoms with van der Waals surface area (Å²) in [7, 11) is -3.53. The van der Waals surface area contributed by atoms with Crippen molar-refractivity contribution in [3.63, 3.8) is 0 Å². The molecule has 0 spiro atoms. The minimum Gasteiger partial charge on any atom is -0.296 e. The predicted octanol–water partition coefficient (Wildman–Crippen LogP) is 3.87. The Hall–Kier alpha value is -1.84. The molecule has 1 aliphatic carbocycles. The van der Waals surface area contributed by atoms with Crippen LogP contribution < -0.4 is 5.32 Å². The highest BCUT2D eigenvalue weighted by Crippen LogP contribution is 2.35. The lowest BCUT2D eigenvalue weighted by molar-refractivity contribution is 0.102. The first-order valence-corrected chi connectivity index (χ1v) is 12.0. The van der Waals surface area contributed by atoms with Crippen molar-refractivity contribution in [3.8, 4) is 0 Å². The third kappa shape index (κ3) is 4.59. The summed E-state index contributed by atoms with van der Waals surface area (Å²) < 4.78 is 26.4. The number of carbonyl (C=O) groups is 1. The highest BCUT2D eigenvalue weighted by molar-refractivity contribution is 7.89. The number of aromatic nitrogens is 2. The van der Waals surface area contributed by atoms with Crippen LogP contribution in [0.1, 0.15) is 67.2 Å². The number of nitrogens with one attached hydrogen (secondary N) is 1. The number of hydrogen-bond acceptors (Lipinski definition) is 6. The van der Waals surface area contributed by atoms with Crippen LogP contribution >= 0.6 is 11.3 Å². The van der Waals surface area contributed by atoms with Gasteiger partial charge in [-0.1, -0.05) is 44.4 Å². The zero-order valence-corrected chi connectivity index (χ0v) is 17.9. The Labute approximate surface area is 170 Å². The molecule has 1 amide bonds. The van der Waals surface area contributed by atoms with Gasteiger partial charge in [-0.25, -0.2) is 8.42 Å². The first-order valence-electron chi connectivity index (χ1n) is 9.70. The van der Waals surface area contributed by atoms with E-state index in [1.807, 2.05) is 0 Å². The van der Waals surface area contributed by atoms with E-state index in [1.165, 1.54) is 59.2 Å². The van der Waals surface area contributed by atoms with Gasteiger partial charge < -0.3 is 0 Å². The number of hydrogen-bond donors (Lipinski definition) is 1. The van der Waals surface area contributed by atoms with Crippen molar-refractivity contribution in [1.82, 2.24) is 14.5 Å². The fourth-order valence-corrected chi connectivity index (χ4v) is 5.83. The monoisotopic (exact) mass is 422 g/mol. The van der Waals surface area contributed by atoms with Crippen molar-refractivity contribution in [2.75, 3.05) is 18.4 Å². The van der Waals surface area contributed by atoms with Crippen LogP contribution in [0.2, 0.25) is 0 Å². The molecule has 0 saturated heterocycles. The van der Waals surface area contributed by atoms with Gasteiger partial charge in [-0.15, -0.1) is 10.2 Å². The molecule has 0 unspecified atom stereocenters. The summed E-state index contributed by atoms with van der Waals surface area (Å²) >= 11 is 1.42. The summed E-state index contributed by atoms with van der Waals surface area (Å²) in [6, 6.07) is 5.98. The summed E-state index contributed by atoms with van der Waals surface area (Å²) in [6.45, 7) is 4.40. The van der Waals surface area contributed by atoms with E-state index in [9.17, 15) is 13.2 Å². The Morgan fingerprint density at radius 1 is 1.11 bits per heavy atom. The van der Waals surface area contributed by atoms with E-state index in [2.05, 4.69) is 15.5 Å². The lowest BCUT2D eigenvalue weighted by atomic mass is 9.90. The first-order chi connectivity index (χ1) is 13.5. The SMILES string of the molecule is CCN(CC)S(=O)(=O)c1ccc(C(=O)Nc2nnc(C3CCCCC3)s2)cc1. The molecule has 1 aromatic carbocycles. The van der Waals surface area contributed by atoms with Gasteiger partial charge in [-0.05, 0) is 37.1 Å². The van der Waals surface area contributed by atoms with Crippen molar-refractivity contribution in [1.29, 1.82) is 0 Å². The lowest BCUT2D eigenvalue weighted by Crippen LogP contribution is -2.30. The average molecular weight is 423 g/mol. The second kappa shape index (κ2) is 9.11. The minimum atomic E-state index is -3.53. The van der Waals surface area contributed by atoms with Crippen LogP contribution in [0.15, 0.2) is 29.2 Å². The molecule has 28 heavy (non-hydrogen) atoms. The van der Waals surface area contributed by atoms with Crippen LogP contribution in [0.4, 0.5) is 5.13 Å². The molecule has 0 radical (unpaired) electrons. The van der Waals surface area contributed by atoms with Crippen LogP contribution in [-0.2, 0) is 10.0 Å². The molecule has 3 rings (SSSR count). The van der Waals surface area contributed by atoms with E-state index in [4.69, 9.17) is 0 Å². The number of benzene rings is 1. The van der Waals surface area contributed by atoms with Crippen LogP contribution in [0.3, 0.4) is 0 Å². The molecule has 7 nitrogen and oxygen atoms in total. The molecule has 1 saturated carbocycles. The molecule has 0 atom stereocenters. The van der Waals surface area contributed by atoms with E-state index in [0.29, 0.717) is 29.7 Å². The van der Waals surface area contributed by atoms with Crippen LogP contribution in [-0.4, -0.2) is 41.9 Å². The quantitative estimate of drug-likeness (QED) is 0.731. The highest BCUT2D eigenvalue weighted by Gasteiger charge is 2.23. The smallest absolute Gasteiger partial charge is 0.257 e. The topological polar surface area (TPSA) is 92.3 Å². The Kier molecular flexibility index (Phi) is 6.79. The Morgan fingerprint density at radius 3 is 2.36 bits per heavy atom. The molecule has 152 valence electrons. The van der Waals surface area contributed by atoms with Gasteiger partial charge in [0.2, 0.25) is 15.2 Å². The van der Waals surface area contributed by atoms with E-state index in [-0.39, 0.29) is 10.8 Å². The molecule has 9 heteroatoms. The van der Waals surface area contributed by atoms with Gasteiger partial charge in [-0.2, -0.15) is 4.31 Å². The minimum absolute atomic E-state index is 0.184. The van der Waals surface area contributed by atoms with Gasteiger partial charge in [0.25, 0.3) is 5.91 Å². The Morgan fingerprint density at radius 2 is 1.75 bits per heavy atom. The van der Waals surface area contributed by atoms with E-state index >= 15 is 0 Å². The molecule has 0 aliphatic heterocycles. The molecule has 1 aromatic heterocycles. The molecular weight excluding hydrogens is 396 g/mol. The van der Waals surface area contributed by atoms with Crippen molar-refractivity contribution in [3.05, 3.63) is 34.8 Å². The first kappa shape index (κ1) is 20.9. The highest BCUT2D eigenvalue weighted by atomic mass is 32.2. The lowest BCUT2D eigenvalue weighted by Gasteiger charge is -2.18. The summed E-state index contributed by atoms with van der Waals surface area (Å²) in [5, 5.41) is 12.6. The number of nitrogens with zero attached hydrogens (tertiary/aromatic N) is 3. The summed E-state index contributed by atoms with van der Waals surface area (Å²) in [5.41, 5.74) is 0.382. The van der Waals surface area contributed by atoms with Gasteiger partial charge >= 0.3 is 0 Å². The number of carbonyl (C=O) groups excluding carboxylic acids is 1. The molecule has 1 fully saturated rings. The fourth-order valence-electron chi connectivity index (χ4n) is 3.46. The second-order valence-electron chi connectivity index (χ2n) is 6.85. The zero-order valence-electron chi connectivity index (χ0n) is 16.2. The third-order valence-corrected chi connectivity index (χ3v) is 8.14. The van der Waals surface area contributed by atoms with E-state index in [1.54, 1.807) is 13.8 Å². The van der Waals surface area contributed by atoms with Gasteiger partial charge in [0.1, 0.15) is 5.01 Å². The molecule has 1 N–H and O–H groups in total. The maximum Gasteiger partial charge on any atom is 0.257 e. The van der Waals surface area contributed by atoms with Crippen LogP contribution in [0.5, 0.6) is 0 Å². The van der Waals surface area contributed by atoms with Crippen molar-refractivity contribution in [2.24, 2.45) is 0 Å². The van der Waals surface area contributed by atoms with Crippen molar-refractivity contribution >= 4 is 32.4 Å². The number of rotatable bonds is 7. The van der Waals surface area contributed by atoms with Crippen LogP contribution in [0.25, 0.3) is 0 Å². The molecule has 0 bridgehead atoms. The zero-order chi connectivity index (χ0) is 20.1. The Balaban J connectivity index is 1.67.